The molecule has 1 N–H and O–H groups in total. The van der Waals surface area contributed by atoms with E-state index in [1.165, 1.54) is 18.2 Å². The fourth-order valence-electron chi connectivity index (χ4n) is 2.02. The predicted octanol–water partition coefficient (Wildman–Crippen LogP) is 4.39. The Hall–Kier alpha value is -2.27. The van der Waals surface area contributed by atoms with E-state index >= 15 is 0 Å². The van der Waals surface area contributed by atoms with Crippen molar-refractivity contribution in [3.8, 4) is 0 Å². The second-order valence-electron chi connectivity index (χ2n) is 4.51. The fourth-order valence-corrected chi connectivity index (χ4v) is 2.40. The molecule has 2 aromatic carbocycles. The highest BCUT2D eigenvalue weighted by Gasteiger charge is 2.08. The van der Waals surface area contributed by atoms with E-state index in [1.807, 2.05) is 30.3 Å². The van der Waals surface area contributed by atoms with E-state index in [-0.39, 0.29) is 5.69 Å². The van der Waals surface area contributed by atoms with Crippen LogP contribution in [0.1, 0.15) is 10.5 Å². The summed E-state index contributed by atoms with van der Waals surface area (Å²) in [5.41, 5.74) is 0.687. The number of amides is 1. The van der Waals surface area contributed by atoms with E-state index in [9.17, 15) is 9.18 Å². The SMILES string of the molecule is O=C(Nc1ccc2cc(Br)ccc2c1)c1cccc(F)n1. The van der Waals surface area contributed by atoms with Crippen molar-refractivity contribution in [1.29, 1.82) is 0 Å². The summed E-state index contributed by atoms with van der Waals surface area (Å²) in [6.45, 7) is 0. The third-order valence-electron chi connectivity index (χ3n) is 3.01. The van der Waals surface area contributed by atoms with Crippen LogP contribution in [0.5, 0.6) is 0 Å². The molecule has 3 nitrogen and oxygen atoms in total. The molecule has 0 spiro atoms. The average Bonchev–Trinajstić information content (AvgIpc) is 2.47. The first-order chi connectivity index (χ1) is 10.1. The lowest BCUT2D eigenvalue weighted by Crippen LogP contribution is -2.14. The van der Waals surface area contributed by atoms with Crippen LogP contribution in [0.2, 0.25) is 0 Å². The van der Waals surface area contributed by atoms with E-state index < -0.39 is 11.9 Å². The van der Waals surface area contributed by atoms with E-state index in [1.54, 1.807) is 6.07 Å². The minimum Gasteiger partial charge on any atom is -0.321 e. The zero-order valence-electron chi connectivity index (χ0n) is 10.8. The van der Waals surface area contributed by atoms with Crippen LogP contribution in [0.25, 0.3) is 10.8 Å². The number of pyridine rings is 1. The Morgan fingerprint density at radius 1 is 1.05 bits per heavy atom. The first-order valence-corrected chi connectivity index (χ1v) is 7.04. The number of rotatable bonds is 2. The van der Waals surface area contributed by atoms with Crippen LogP contribution in [0.3, 0.4) is 0 Å². The largest absolute Gasteiger partial charge is 0.321 e. The van der Waals surface area contributed by atoms with Crippen molar-refractivity contribution in [2.45, 2.75) is 0 Å². The molecule has 0 bridgehead atoms. The third kappa shape index (κ3) is 3.08. The van der Waals surface area contributed by atoms with Gasteiger partial charge in [0.15, 0.2) is 0 Å². The molecule has 104 valence electrons. The van der Waals surface area contributed by atoms with Gasteiger partial charge >= 0.3 is 0 Å². The average molecular weight is 345 g/mol. The van der Waals surface area contributed by atoms with Crippen molar-refractivity contribution in [3.63, 3.8) is 0 Å². The molecule has 0 atom stereocenters. The fraction of sp³-hybridized carbons (Fsp3) is 0. The molecule has 1 heterocycles. The summed E-state index contributed by atoms with van der Waals surface area (Å²) in [4.78, 5) is 15.6. The summed E-state index contributed by atoms with van der Waals surface area (Å²) < 4.78 is 14.0. The van der Waals surface area contributed by atoms with Crippen LogP contribution in [0.4, 0.5) is 10.1 Å². The molecule has 3 rings (SSSR count). The van der Waals surface area contributed by atoms with E-state index in [2.05, 4.69) is 26.2 Å². The summed E-state index contributed by atoms with van der Waals surface area (Å²) in [6.07, 6.45) is 0. The molecule has 0 saturated heterocycles. The van der Waals surface area contributed by atoms with Gasteiger partial charge < -0.3 is 5.32 Å². The van der Waals surface area contributed by atoms with Gasteiger partial charge in [0, 0.05) is 10.2 Å². The summed E-state index contributed by atoms with van der Waals surface area (Å²) in [5, 5.41) is 4.78. The highest BCUT2D eigenvalue weighted by Crippen LogP contribution is 2.23. The minimum atomic E-state index is -0.675. The van der Waals surface area contributed by atoms with Gasteiger partial charge in [0.05, 0.1) is 0 Å². The van der Waals surface area contributed by atoms with Crippen molar-refractivity contribution >= 4 is 38.3 Å². The van der Waals surface area contributed by atoms with Gasteiger partial charge in [0.25, 0.3) is 5.91 Å². The second-order valence-corrected chi connectivity index (χ2v) is 5.42. The van der Waals surface area contributed by atoms with Gasteiger partial charge in [-0.3, -0.25) is 4.79 Å². The highest BCUT2D eigenvalue weighted by atomic mass is 79.9. The molecule has 0 aliphatic heterocycles. The molecular weight excluding hydrogens is 335 g/mol. The van der Waals surface area contributed by atoms with Crippen LogP contribution in [0, 0.1) is 5.95 Å². The number of fused-ring (bicyclic) bond motifs is 1. The normalized spacial score (nSPS) is 10.6. The number of hydrogen-bond acceptors (Lipinski definition) is 2. The van der Waals surface area contributed by atoms with E-state index in [4.69, 9.17) is 0 Å². The van der Waals surface area contributed by atoms with Gasteiger partial charge in [0.2, 0.25) is 5.95 Å². The molecule has 1 aromatic heterocycles. The number of anilines is 1. The maximum absolute atomic E-state index is 13.0. The summed E-state index contributed by atoms with van der Waals surface area (Å²) in [5.74, 6) is -1.11. The standard InChI is InChI=1S/C16H10BrFN2O/c17-12-6-4-11-9-13(7-5-10(11)8-12)19-16(21)14-2-1-3-15(18)20-14/h1-9H,(H,19,21). The van der Waals surface area contributed by atoms with Crippen molar-refractivity contribution in [3.05, 3.63) is 70.7 Å². The van der Waals surface area contributed by atoms with Gasteiger partial charge in [-0.1, -0.05) is 34.1 Å². The Morgan fingerprint density at radius 3 is 2.62 bits per heavy atom. The zero-order valence-corrected chi connectivity index (χ0v) is 12.4. The van der Waals surface area contributed by atoms with Gasteiger partial charge in [-0.15, -0.1) is 0 Å². The smallest absolute Gasteiger partial charge is 0.274 e. The molecule has 0 fully saturated rings. The van der Waals surface area contributed by atoms with Crippen LogP contribution in [0.15, 0.2) is 59.1 Å². The monoisotopic (exact) mass is 344 g/mol. The van der Waals surface area contributed by atoms with Crippen LogP contribution in [-0.2, 0) is 0 Å². The first kappa shape index (κ1) is 13.7. The lowest BCUT2D eigenvalue weighted by Gasteiger charge is -2.06. The minimum absolute atomic E-state index is 0.0471. The number of aromatic nitrogens is 1. The van der Waals surface area contributed by atoms with E-state index in [0.29, 0.717) is 5.69 Å². The van der Waals surface area contributed by atoms with Gasteiger partial charge in [-0.25, -0.2) is 4.98 Å². The molecule has 0 radical (unpaired) electrons. The molecule has 0 saturated carbocycles. The Bertz CT molecular complexity index is 835. The maximum atomic E-state index is 13.0. The number of carbonyl (C=O) groups is 1. The lowest BCUT2D eigenvalue weighted by molar-refractivity contribution is 0.102. The van der Waals surface area contributed by atoms with E-state index in [0.717, 1.165) is 15.2 Å². The number of halogens is 2. The maximum Gasteiger partial charge on any atom is 0.274 e. The molecule has 0 unspecified atom stereocenters. The molecule has 5 heteroatoms. The van der Waals surface area contributed by atoms with Crippen LogP contribution >= 0.6 is 15.9 Å². The molecular formula is C16H10BrFN2O. The summed E-state index contributed by atoms with van der Waals surface area (Å²) >= 11 is 3.42. The van der Waals surface area contributed by atoms with Gasteiger partial charge in [-0.2, -0.15) is 4.39 Å². The number of nitrogens with zero attached hydrogens (tertiary/aromatic N) is 1. The number of nitrogens with one attached hydrogen (secondary N) is 1. The van der Waals surface area contributed by atoms with Crippen molar-refractivity contribution < 1.29 is 9.18 Å². The van der Waals surface area contributed by atoms with Gasteiger partial charge in [0.1, 0.15) is 5.69 Å². The third-order valence-corrected chi connectivity index (χ3v) is 3.50. The molecule has 0 aliphatic rings. The van der Waals surface area contributed by atoms with Crippen LogP contribution < -0.4 is 5.32 Å². The van der Waals surface area contributed by atoms with Crippen LogP contribution in [-0.4, -0.2) is 10.9 Å². The quantitative estimate of drug-likeness (QED) is 0.700. The first-order valence-electron chi connectivity index (χ1n) is 6.25. The predicted molar refractivity (Wildman–Crippen MR) is 83.8 cm³/mol. The molecule has 0 aliphatic carbocycles. The molecule has 21 heavy (non-hydrogen) atoms. The zero-order chi connectivity index (χ0) is 14.8. The molecule has 1 amide bonds. The number of benzene rings is 2. The number of hydrogen-bond donors (Lipinski definition) is 1. The summed E-state index contributed by atoms with van der Waals surface area (Å²) in [7, 11) is 0. The molecule has 3 aromatic rings. The second kappa shape index (κ2) is 5.61. The Balaban J connectivity index is 1.87. The lowest BCUT2D eigenvalue weighted by atomic mass is 10.1. The van der Waals surface area contributed by atoms with Gasteiger partial charge in [-0.05, 0) is 47.2 Å². The topological polar surface area (TPSA) is 42.0 Å². The Labute approximate surface area is 128 Å². The van der Waals surface area contributed by atoms with Crippen molar-refractivity contribution in [1.82, 2.24) is 4.98 Å². The van der Waals surface area contributed by atoms with Crippen molar-refractivity contribution in [2.75, 3.05) is 5.32 Å². The van der Waals surface area contributed by atoms with Crippen molar-refractivity contribution in [2.24, 2.45) is 0 Å². The summed E-state index contributed by atoms with van der Waals surface area (Å²) in [6, 6.07) is 15.6. The Morgan fingerprint density at radius 2 is 1.81 bits per heavy atom. The highest BCUT2D eigenvalue weighted by molar-refractivity contribution is 9.10. The number of carbonyl (C=O) groups excluding carboxylic acids is 1. The Kier molecular flexibility index (Phi) is 3.66.